The van der Waals surface area contributed by atoms with Gasteiger partial charge in [-0.05, 0) is 43.5 Å². The van der Waals surface area contributed by atoms with Crippen LogP contribution in [0.15, 0.2) is 18.2 Å². The quantitative estimate of drug-likeness (QED) is 0.863. The topological polar surface area (TPSA) is 58.4 Å². The predicted molar refractivity (Wildman–Crippen MR) is 81.2 cm³/mol. The lowest BCUT2D eigenvalue weighted by atomic mass is 9.96. The summed E-state index contributed by atoms with van der Waals surface area (Å²) >= 11 is 0. The number of benzene rings is 1. The summed E-state index contributed by atoms with van der Waals surface area (Å²) in [6.45, 7) is 5.29. The lowest BCUT2D eigenvalue weighted by Crippen LogP contribution is -2.43. The number of aryl methyl sites for hydroxylation is 1. The van der Waals surface area contributed by atoms with Gasteiger partial charge in [-0.1, -0.05) is 12.1 Å². The van der Waals surface area contributed by atoms with E-state index in [4.69, 9.17) is 5.73 Å². The van der Waals surface area contributed by atoms with Crippen LogP contribution in [0.4, 0.5) is 4.39 Å². The van der Waals surface area contributed by atoms with E-state index >= 15 is 0 Å². The predicted octanol–water partition coefficient (Wildman–Crippen LogP) is 1.42. The molecule has 4 nitrogen and oxygen atoms in total. The van der Waals surface area contributed by atoms with Crippen LogP contribution >= 0.6 is 0 Å². The number of likely N-dealkylation sites (tertiary alicyclic amines) is 1. The van der Waals surface area contributed by atoms with E-state index in [1.807, 2.05) is 12.1 Å². The zero-order valence-corrected chi connectivity index (χ0v) is 12.6. The van der Waals surface area contributed by atoms with Gasteiger partial charge in [-0.15, -0.1) is 0 Å². The Morgan fingerprint density at radius 2 is 2.33 bits per heavy atom. The normalized spacial score (nSPS) is 19.5. The first kappa shape index (κ1) is 15.9. The molecule has 1 saturated heterocycles. The van der Waals surface area contributed by atoms with Crippen molar-refractivity contribution in [2.75, 3.05) is 26.2 Å². The molecule has 1 aliphatic rings. The summed E-state index contributed by atoms with van der Waals surface area (Å²) in [4.78, 5) is 14.3. The van der Waals surface area contributed by atoms with Crippen LogP contribution in [0.25, 0.3) is 0 Å². The van der Waals surface area contributed by atoms with Crippen LogP contribution in [-0.4, -0.2) is 37.0 Å². The third-order valence-electron chi connectivity index (χ3n) is 3.95. The highest BCUT2D eigenvalue weighted by Crippen LogP contribution is 2.19. The van der Waals surface area contributed by atoms with E-state index in [1.165, 1.54) is 6.07 Å². The Morgan fingerprint density at radius 3 is 3.05 bits per heavy atom. The fourth-order valence-corrected chi connectivity index (χ4v) is 2.82. The van der Waals surface area contributed by atoms with E-state index in [9.17, 15) is 9.18 Å². The third-order valence-corrected chi connectivity index (χ3v) is 3.95. The van der Waals surface area contributed by atoms with Gasteiger partial charge >= 0.3 is 0 Å². The van der Waals surface area contributed by atoms with Crippen molar-refractivity contribution >= 4 is 5.91 Å². The van der Waals surface area contributed by atoms with Gasteiger partial charge in [0.1, 0.15) is 5.82 Å². The minimum absolute atomic E-state index is 0.0341. The molecule has 2 rings (SSSR count). The van der Waals surface area contributed by atoms with Crippen molar-refractivity contribution in [1.82, 2.24) is 10.2 Å². The summed E-state index contributed by atoms with van der Waals surface area (Å²) in [5, 5.41) is 2.86. The van der Waals surface area contributed by atoms with E-state index in [0.717, 1.165) is 38.0 Å². The van der Waals surface area contributed by atoms with Crippen molar-refractivity contribution in [2.45, 2.75) is 26.3 Å². The monoisotopic (exact) mass is 293 g/mol. The molecule has 1 heterocycles. The maximum absolute atomic E-state index is 13.3. The smallest absolute Gasteiger partial charge is 0.224 e. The Hall–Kier alpha value is -1.46. The molecule has 0 radical (unpaired) electrons. The number of nitrogens with two attached hydrogens (primary N) is 1. The zero-order valence-electron chi connectivity index (χ0n) is 12.6. The Labute approximate surface area is 125 Å². The molecule has 0 aliphatic carbocycles. The number of amides is 1. The van der Waals surface area contributed by atoms with Crippen molar-refractivity contribution in [3.63, 3.8) is 0 Å². The average Bonchev–Trinajstić information content (AvgIpc) is 2.49. The maximum atomic E-state index is 13.3. The highest BCUT2D eigenvalue weighted by Gasteiger charge is 2.25. The van der Waals surface area contributed by atoms with Gasteiger partial charge in [0.05, 0.1) is 5.92 Å². The number of carbonyl (C=O) groups excluding carboxylic acids is 1. The Morgan fingerprint density at radius 1 is 1.52 bits per heavy atom. The molecule has 0 saturated carbocycles. The number of hydrogen-bond acceptors (Lipinski definition) is 3. The molecule has 1 atom stereocenters. The van der Waals surface area contributed by atoms with E-state index < -0.39 is 0 Å². The molecule has 1 aromatic rings. The molecule has 1 aliphatic heterocycles. The average molecular weight is 293 g/mol. The first-order valence-electron chi connectivity index (χ1n) is 7.55. The lowest BCUT2D eigenvalue weighted by molar-refractivity contribution is -0.126. The van der Waals surface area contributed by atoms with Gasteiger partial charge in [0.2, 0.25) is 5.91 Å². The molecule has 1 unspecified atom stereocenters. The van der Waals surface area contributed by atoms with Crippen molar-refractivity contribution in [3.8, 4) is 0 Å². The summed E-state index contributed by atoms with van der Waals surface area (Å²) < 4.78 is 13.3. The molecule has 1 fully saturated rings. The Kier molecular flexibility index (Phi) is 5.70. The van der Waals surface area contributed by atoms with Crippen LogP contribution in [0.1, 0.15) is 24.0 Å². The molecule has 0 bridgehead atoms. The Bertz CT molecular complexity index is 492. The van der Waals surface area contributed by atoms with Gasteiger partial charge in [-0.3, -0.25) is 9.69 Å². The minimum atomic E-state index is -0.170. The second-order valence-corrected chi connectivity index (χ2v) is 5.74. The molecule has 21 heavy (non-hydrogen) atoms. The highest BCUT2D eigenvalue weighted by molar-refractivity contribution is 5.78. The first-order chi connectivity index (χ1) is 10.1. The lowest BCUT2D eigenvalue weighted by Gasteiger charge is -2.32. The van der Waals surface area contributed by atoms with Crippen molar-refractivity contribution < 1.29 is 9.18 Å². The standard InChI is InChI=1S/C16H24FN3O/c1-12-9-13(4-5-15(12)17)10-20-8-2-3-14(11-20)16(21)19-7-6-18/h4-5,9,14H,2-3,6-8,10-11,18H2,1H3,(H,19,21). The van der Waals surface area contributed by atoms with Crippen LogP contribution < -0.4 is 11.1 Å². The van der Waals surface area contributed by atoms with Crippen LogP contribution in [0.2, 0.25) is 0 Å². The van der Waals surface area contributed by atoms with E-state index in [-0.39, 0.29) is 17.6 Å². The molecule has 0 aromatic heterocycles. The molecule has 1 amide bonds. The van der Waals surface area contributed by atoms with E-state index in [2.05, 4.69) is 10.2 Å². The molecule has 5 heteroatoms. The summed E-state index contributed by atoms with van der Waals surface area (Å²) in [5.74, 6) is -0.0382. The van der Waals surface area contributed by atoms with Gasteiger partial charge in [-0.2, -0.15) is 0 Å². The van der Waals surface area contributed by atoms with Gasteiger partial charge < -0.3 is 11.1 Å². The van der Waals surface area contributed by atoms with Gasteiger partial charge in [-0.25, -0.2) is 4.39 Å². The van der Waals surface area contributed by atoms with Crippen molar-refractivity contribution in [1.29, 1.82) is 0 Å². The molecule has 0 spiro atoms. The molecule has 1 aromatic carbocycles. The van der Waals surface area contributed by atoms with Gasteiger partial charge in [0.25, 0.3) is 0 Å². The fraction of sp³-hybridized carbons (Fsp3) is 0.562. The number of halogens is 1. The second kappa shape index (κ2) is 7.52. The highest BCUT2D eigenvalue weighted by atomic mass is 19.1. The number of hydrogen-bond donors (Lipinski definition) is 2. The molecule has 3 N–H and O–H groups in total. The van der Waals surface area contributed by atoms with Gasteiger partial charge in [0, 0.05) is 26.2 Å². The summed E-state index contributed by atoms with van der Waals surface area (Å²) in [6.07, 6.45) is 1.94. The number of nitrogens with zero attached hydrogens (tertiary/aromatic N) is 1. The summed E-state index contributed by atoms with van der Waals surface area (Å²) in [5.41, 5.74) is 7.17. The zero-order chi connectivity index (χ0) is 15.2. The van der Waals surface area contributed by atoms with E-state index in [0.29, 0.717) is 18.7 Å². The first-order valence-corrected chi connectivity index (χ1v) is 7.55. The largest absolute Gasteiger partial charge is 0.355 e. The van der Waals surface area contributed by atoms with Crippen LogP contribution in [0.3, 0.4) is 0 Å². The fourth-order valence-electron chi connectivity index (χ4n) is 2.82. The molecular weight excluding hydrogens is 269 g/mol. The number of nitrogens with one attached hydrogen (secondary N) is 1. The van der Waals surface area contributed by atoms with Crippen LogP contribution in [-0.2, 0) is 11.3 Å². The third kappa shape index (κ3) is 4.51. The van der Waals surface area contributed by atoms with Crippen molar-refractivity contribution in [3.05, 3.63) is 35.1 Å². The van der Waals surface area contributed by atoms with Gasteiger partial charge in [0.15, 0.2) is 0 Å². The summed E-state index contributed by atoms with van der Waals surface area (Å²) in [6, 6.07) is 5.22. The number of rotatable bonds is 5. The minimum Gasteiger partial charge on any atom is -0.355 e. The molecular formula is C16H24FN3O. The Balaban J connectivity index is 1.91. The molecule has 116 valence electrons. The second-order valence-electron chi connectivity index (χ2n) is 5.74. The summed E-state index contributed by atoms with van der Waals surface area (Å²) in [7, 11) is 0. The number of carbonyl (C=O) groups is 1. The van der Waals surface area contributed by atoms with Crippen LogP contribution in [0, 0.1) is 18.7 Å². The van der Waals surface area contributed by atoms with Crippen molar-refractivity contribution in [2.24, 2.45) is 11.7 Å². The van der Waals surface area contributed by atoms with E-state index in [1.54, 1.807) is 6.92 Å². The maximum Gasteiger partial charge on any atom is 0.224 e. The SMILES string of the molecule is Cc1cc(CN2CCCC(C(=O)NCCN)C2)ccc1F. The number of piperidine rings is 1. The van der Waals surface area contributed by atoms with Crippen LogP contribution in [0.5, 0.6) is 0 Å².